The van der Waals surface area contributed by atoms with Crippen molar-refractivity contribution in [2.75, 3.05) is 0 Å². The van der Waals surface area contributed by atoms with Crippen LogP contribution < -0.4 is 9.60 Å². The van der Waals surface area contributed by atoms with Crippen molar-refractivity contribution in [1.82, 2.24) is 19.4 Å². The Kier molecular flexibility index (Phi) is 6.26. The fraction of sp³-hybridized carbons (Fsp3) is 0.348. The van der Waals surface area contributed by atoms with E-state index in [1.807, 2.05) is 31.2 Å². The first kappa shape index (κ1) is 23.3. The van der Waals surface area contributed by atoms with E-state index < -0.39 is 10.0 Å². The molecule has 174 valence electrons. The third-order valence-electron chi connectivity index (χ3n) is 5.29. The molecule has 0 aliphatic rings. The number of fused-ring (bicyclic) bond motifs is 1. The summed E-state index contributed by atoms with van der Waals surface area (Å²) in [6, 6.07) is 12.6. The van der Waals surface area contributed by atoms with Gasteiger partial charge in [0.05, 0.1) is 21.7 Å². The summed E-state index contributed by atoms with van der Waals surface area (Å²) < 4.78 is 35.6. The van der Waals surface area contributed by atoms with Crippen LogP contribution in [0.3, 0.4) is 0 Å². The minimum Gasteiger partial charge on any atom is -0.338 e. The maximum absolute atomic E-state index is 12.8. The summed E-state index contributed by atoms with van der Waals surface area (Å²) in [6.07, 6.45) is 0.820. The predicted octanol–water partition coefficient (Wildman–Crippen LogP) is 4.30. The summed E-state index contributed by atoms with van der Waals surface area (Å²) >= 11 is 1.04. The van der Waals surface area contributed by atoms with Gasteiger partial charge in [0.2, 0.25) is 21.7 Å². The lowest BCUT2D eigenvalue weighted by molar-refractivity contribution is 0.376. The first-order valence-electron chi connectivity index (χ1n) is 10.6. The van der Waals surface area contributed by atoms with E-state index >= 15 is 0 Å². The number of hydrogen-bond acceptors (Lipinski definition) is 7. The molecule has 0 radical (unpaired) electrons. The van der Waals surface area contributed by atoms with Gasteiger partial charge in [-0.1, -0.05) is 68.5 Å². The second-order valence-corrected chi connectivity index (χ2v) is 11.6. The van der Waals surface area contributed by atoms with Crippen LogP contribution in [0.2, 0.25) is 0 Å². The summed E-state index contributed by atoms with van der Waals surface area (Å²) in [5.74, 6) is 0.557. The normalized spacial score (nSPS) is 12.5. The molecule has 2 heterocycles. The average Bonchev–Trinajstić information content (AvgIpc) is 3.36. The molecule has 0 fully saturated rings. The van der Waals surface area contributed by atoms with Crippen molar-refractivity contribution in [2.45, 2.75) is 57.5 Å². The van der Waals surface area contributed by atoms with Crippen molar-refractivity contribution >= 4 is 31.6 Å². The molecule has 0 aliphatic carbocycles. The highest BCUT2D eigenvalue weighted by Crippen LogP contribution is 2.25. The number of benzene rings is 2. The molecule has 0 bridgehead atoms. The molecular formula is C23H26N4O4S2. The van der Waals surface area contributed by atoms with Crippen LogP contribution in [0, 0.1) is 0 Å². The second-order valence-electron chi connectivity index (χ2n) is 8.81. The van der Waals surface area contributed by atoms with E-state index in [-0.39, 0.29) is 27.6 Å². The van der Waals surface area contributed by atoms with Crippen LogP contribution in [0.4, 0.5) is 0 Å². The SMILES string of the molecule is CCCn1c(=O)sc2cc(S(=O)(=O)NCc3nc(-c4ccc(C(C)(C)C)cc4)no3)ccc21. The predicted molar refractivity (Wildman–Crippen MR) is 129 cm³/mol. The first-order chi connectivity index (χ1) is 15.6. The van der Waals surface area contributed by atoms with Gasteiger partial charge in [-0.05, 0) is 35.6 Å². The molecule has 0 saturated carbocycles. The molecular weight excluding hydrogens is 460 g/mol. The lowest BCUT2D eigenvalue weighted by Crippen LogP contribution is -2.23. The van der Waals surface area contributed by atoms with Crippen molar-refractivity contribution in [3.63, 3.8) is 0 Å². The van der Waals surface area contributed by atoms with E-state index in [2.05, 4.69) is 35.6 Å². The number of aromatic nitrogens is 3. The highest BCUT2D eigenvalue weighted by atomic mass is 32.2. The summed E-state index contributed by atoms with van der Waals surface area (Å²) in [6.45, 7) is 8.86. The van der Waals surface area contributed by atoms with Crippen LogP contribution in [0.15, 0.2) is 56.7 Å². The maximum Gasteiger partial charge on any atom is 0.308 e. The number of nitrogens with one attached hydrogen (secondary N) is 1. The molecule has 0 unspecified atom stereocenters. The summed E-state index contributed by atoms with van der Waals surface area (Å²) in [7, 11) is -3.83. The monoisotopic (exact) mass is 486 g/mol. The average molecular weight is 487 g/mol. The Morgan fingerprint density at radius 1 is 1.12 bits per heavy atom. The van der Waals surface area contributed by atoms with Gasteiger partial charge in [-0.3, -0.25) is 9.36 Å². The van der Waals surface area contributed by atoms with Crippen molar-refractivity contribution in [3.8, 4) is 11.4 Å². The first-order valence-corrected chi connectivity index (χ1v) is 12.9. The van der Waals surface area contributed by atoms with E-state index in [0.29, 0.717) is 17.1 Å². The zero-order valence-electron chi connectivity index (χ0n) is 19.0. The van der Waals surface area contributed by atoms with Gasteiger partial charge in [-0.15, -0.1) is 0 Å². The Hall–Kier alpha value is -2.82. The fourth-order valence-electron chi connectivity index (χ4n) is 3.45. The van der Waals surface area contributed by atoms with Gasteiger partial charge in [-0.2, -0.15) is 4.98 Å². The molecule has 10 heteroatoms. The quantitative estimate of drug-likeness (QED) is 0.417. The summed E-state index contributed by atoms with van der Waals surface area (Å²) in [4.78, 5) is 16.5. The van der Waals surface area contributed by atoms with Crippen LogP contribution in [0.5, 0.6) is 0 Å². The Morgan fingerprint density at radius 2 is 1.85 bits per heavy atom. The zero-order valence-corrected chi connectivity index (χ0v) is 20.6. The fourth-order valence-corrected chi connectivity index (χ4v) is 5.48. The molecule has 8 nitrogen and oxygen atoms in total. The highest BCUT2D eigenvalue weighted by molar-refractivity contribution is 7.89. The van der Waals surface area contributed by atoms with Crippen LogP contribution in [0.1, 0.15) is 45.6 Å². The number of thiazole rings is 1. The highest BCUT2D eigenvalue weighted by Gasteiger charge is 2.19. The smallest absolute Gasteiger partial charge is 0.308 e. The molecule has 0 saturated heterocycles. The minimum atomic E-state index is -3.83. The number of nitrogens with zero attached hydrogens (tertiary/aromatic N) is 3. The van der Waals surface area contributed by atoms with Gasteiger partial charge in [0, 0.05) is 12.1 Å². The standard InChI is InChI=1S/C23H26N4O4S2/c1-5-12-27-18-11-10-17(13-19(18)32-22(27)28)33(29,30)24-14-20-25-21(26-31-20)15-6-8-16(9-7-15)23(2,3)4/h6-11,13,24H,5,12,14H2,1-4H3. The molecule has 2 aromatic heterocycles. The van der Waals surface area contributed by atoms with Crippen molar-refractivity contribution in [2.24, 2.45) is 0 Å². The number of rotatable bonds is 7. The van der Waals surface area contributed by atoms with Crippen LogP contribution >= 0.6 is 11.3 Å². The summed E-state index contributed by atoms with van der Waals surface area (Å²) in [5, 5.41) is 3.97. The molecule has 0 atom stereocenters. The summed E-state index contributed by atoms with van der Waals surface area (Å²) in [5.41, 5.74) is 2.76. The molecule has 4 aromatic rings. The molecule has 2 aromatic carbocycles. The van der Waals surface area contributed by atoms with Gasteiger partial charge < -0.3 is 4.52 Å². The maximum atomic E-state index is 12.8. The lowest BCUT2D eigenvalue weighted by Gasteiger charge is -2.18. The van der Waals surface area contributed by atoms with E-state index in [1.165, 1.54) is 17.7 Å². The van der Waals surface area contributed by atoms with E-state index in [4.69, 9.17) is 4.52 Å². The minimum absolute atomic E-state index is 0.0386. The number of aryl methyl sites for hydroxylation is 1. The van der Waals surface area contributed by atoms with Crippen LogP contribution in [0.25, 0.3) is 21.6 Å². The van der Waals surface area contributed by atoms with Gasteiger partial charge in [0.15, 0.2) is 0 Å². The van der Waals surface area contributed by atoms with Crippen LogP contribution in [-0.4, -0.2) is 23.1 Å². The Morgan fingerprint density at radius 3 is 2.52 bits per heavy atom. The molecule has 4 rings (SSSR count). The Labute approximate surface area is 196 Å². The Bertz CT molecular complexity index is 1440. The van der Waals surface area contributed by atoms with E-state index in [1.54, 1.807) is 10.6 Å². The topological polar surface area (TPSA) is 107 Å². The molecule has 1 N–H and O–H groups in total. The Balaban J connectivity index is 1.49. The van der Waals surface area contributed by atoms with Crippen molar-refractivity contribution in [3.05, 3.63) is 63.6 Å². The number of hydrogen-bond donors (Lipinski definition) is 1. The van der Waals surface area contributed by atoms with Gasteiger partial charge in [0.25, 0.3) is 0 Å². The lowest BCUT2D eigenvalue weighted by atomic mass is 9.87. The van der Waals surface area contributed by atoms with Crippen LogP contribution in [-0.2, 0) is 28.5 Å². The third kappa shape index (κ3) is 4.92. The largest absolute Gasteiger partial charge is 0.338 e. The molecule has 0 aliphatic heterocycles. The number of sulfonamides is 1. The third-order valence-corrected chi connectivity index (χ3v) is 7.63. The van der Waals surface area contributed by atoms with Gasteiger partial charge >= 0.3 is 4.87 Å². The molecule has 0 amide bonds. The van der Waals surface area contributed by atoms with E-state index in [9.17, 15) is 13.2 Å². The van der Waals surface area contributed by atoms with E-state index in [0.717, 1.165) is 28.8 Å². The zero-order chi connectivity index (χ0) is 23.8. The van der Waals surface area contributed by atoms with Crippen molar-refractivity contribution < 1.29 is 12.9 Å². The van der Waals surface area contributed by atoms with Gasteiger partial charge in [0.1, 0.15) is 0 Å². The molecule has 0 spiro atoms. The van der Waals surface area contributed by atoms with Gasteiger partial charge in [-0.25, -0.2) is 13.1 Å². The van der Waals surface area contributed by atoms with Crippen molar-refractivity contribution in [1.29, 1.82) is 0 Å². The molecule has 33 heavy (non-hydrogen) atoms. The second kappa shape index (κ2) is 8.85.